The Morgan fingerprint density at radius 1 is 1.34 bits per heavy atom. The molecule has 1 aromatic heterocycles. The fourth-order valence-corrected chi connectivity index (χ4v) is 4.77. The number of hydrogen-bond donors (Lipinski definition) is 2. The normalized spacial score (nSPS) is 14.8. The van der Waals surface area contributed by atoms with Gasteiger partial charge in [0.15, 0.2) is 11.6 Å². The molecule has 32 heavy (non-hydrogen) atoms. The molecule has 174 valence electrons. The molecule has 0 unspecified atom stereocenters. The molecule has 0 spiro atoms. The molecule has 12 heteroatoms. The zero-order chi connectivity index (χ0) is 23.5. The molecule has 2 aromatic rings. The van der Waals surface area contributed by atoms with Gasteiger partial charge in [0, 0.05) is 6.20 Å². The summed E-state index contributed by atoms with van der Waals surface area (Å²) in [6.07, 6.45) is 3.36. The van der Waals surface area contributed by atoms with Gasteiger partial charge in [-0.15, -0.1) is 0 Å². The minimum absolute atomic E-state index is 0.0933. The van der Waals surface area contributed by atoms with Crippen LogP contribution in [-0.2, 0) is 10.0 Å². The van der Waals surface area contributed by atoms with Gasteiger partial charge in [-0.25, -0.2) is 22.1 Å². The summed E-state index contributed by atoms with van der Waals surface area (Å²) in [6.45, 7) is 3.08. The predicted octanol–water partition coefficient (Wildman–Crippen LogP) is 1.35. The third-order valence-corrected chi connectivity index (χ3v) is 6.23. The van der Waals surface area contributed by atoms with Crippen molar-refractivity contribution in [2.45, 2.75) is 25.8 Å². The van der Waals surface area contributed by atoms with Gasteiger partial charge >= 0.3 is 0 Å². The number of nitrogens with one attached hydrogen (secondary N) is 1. The third kappa shape index (κ3) is 4.75. The second-order valence-corrected chi connectivity index (χ2v) is 9.08. The number of ether oxygens (including phenoxy) is 2. The van der Waals surface area contributed by atoms with Crippen LogP contribution in [-0.4, -0.2) is 63.3 Å². The third-order valence-electron chi connectivity index (χ3n) is 5.05. The molecule has 0 bridgehead atoms. The number of methoxy groups -OCH3 is 1. The summed E-state index contributed by atoms with van der Waals surface area (Å²) in [5.74, 6) is -1.98. The van der Waals surface area contributed by atoms with E-state index in [-0.39, 0.29) is 47.0 Å². The Morgan fingerprint density at radius 2 is 2.03 bits per heavy atom. The number of rotatable bonds is 8. The summed E-state index contributed by atoms with van der Waals surface area (Å²) >= 11 is 0. The maximum absolute atomic E-state index is 14.4. The van der Waals surface area contributed by atoms with Gasteiger partial charge in [0.2, 0.25) is 21.8 Å². The average molecular weight is 468 g/mol. The molecular weight excluding hydrogens is 441 g/mol. The van der Waals surface area contributed by atoms with Crippen LogP contribution in [0.2, 0.25) is 0 Å². The molecule has 0 amide bonds. The maximum atomic E-state index is 14.4. The topological polar surface area (TPSA) is 137 Å². The molecule has 0 radical (unpaired) electrons. The number of piperidine rings is 1. The number of ketones is 1. The van der Waals surface area contributed by atoms with E-state index in [1.165, 1.54) is 13.2 Å². The van der Waals surface area contributed by atoms with Crippen LogP contribution in [0.3, 0.4) is 0 Å². The summed E-state index contributed by atoms with van der Waals surface area (Å²) < 4.78 is 51.0. The van der Waals surface area contributed by atoms with Crippen LogP contribution in [0, 0.1) is 5.82 Å². The lowest BCUT2D eigenvalue weighted by atomic mass is 10.0. The van der Waals surface area contributed by atoms with Crippen LogP contribution in [0.4, 0.5) is 16.2 Å². The molecule has 1 aromatic carbocycles. The number of aromatic nitrogens is 2. The number of anilines is 2. The fourth-order valence-electron chi connectivity index (χ4n) is 3.63. The first-order chi connectivity index (χ1) is 15.2. The lowest BCUT2D eigenvalue weighted by Gasteiger charge is -2.32. The number of nitrogen functional groups attached to an aromatic ring is 1. The van der Waals surface area contributed by atoms with Crippen molar-refractivity contribution in [1.82, 2.24) is 15.3 Å². The minimum atomic E-state index is -3.70. The number of benzene rings is 1. The highest BCUT2D eigenvalue weighted by Gasteiger charge is 2.32. The van der Waals surface area contributed by atoms with Crippen molar-refractivity contribution < 1.29 is 27.1 Å². The van der Waals surface area contributed by atoms with E-state index in [0.29, 0.717) is 25.9 Å². The quantitative estimate of drug-likeness (QED) is 0.551. The summed E-state index contributed by atoms with van der Waals surface area (Å²) in [5, 5.41) is 3.17. The second-order valence-electron chi connectivity index (χ2n) is 7.22. The number of halogens is 1. The van der Waals surface area contributed by atoms with E-state index in [2.05, 4.69) is 15.3 Å². The van der Waals surface area contributed by atoms with E-state index >= 15 is 0 Å². The van der Waals surface area contributed by atoms with Crippen molar-refractivity contribution in [3.8, 4) is 11.5 Å². The van der Waals surface area contributed by atoms with Gasteiger partial charge in [0.05, 0.1) is 31.6 Å². The predicted molar refractivity (Wildman–Crippen MR) is 117 cm³/mol. The Kier molecular flexibility index (Phi) is 7.14. The van der Waals surface area contributed by atoms with E-state index in [9.17, 15) is 17.6 Å². The molecule has 3 rings (SSSR count). The summed E-state index contributed by atoms with van der Waals surface area (Å²) in [6, 6.07) is 2.10. The zero-order valence-corrected chi connectivity index (χ0v) is 18.9. The second kappa shape index (κ2) is 9.65. The van der Waals surface area contributed by atoms with Crippen molar-refractivity contribution in [3.05, 3.63) is 35.3 Å². The highest BCUT2D eigenvalue weighted by molar-refractivity contribution is 7.92. The van der Waals surface area contributed by atoms with Crippen LogP contribution in [0.1, 0.15) is 35.7 Å². The highest BCUT2D eigenvalue weighted by Crippen LogP contribution is 2.34. The van der Waals surface area contributed by atoms with Crippen molar-refractivity contribution in [2.75, 3.05) is 43.1 Å². The van der Waals surface area contributed by atoms with E-state index in [0.717, 1.165) is 22.8 Å². The van der Waals surface area contributed by atoms with E-state index in [1.807, 2.05) is 0 Å². The van der Waals surface area contributed by atoms with Crippen molar-refractivity contribution in [1.29, 1.82) is 0 Å². The van der Waals surface area contributed by atoms with Gasteiger partial charge in [-0.3, -0.25) is 4.79 Å². The van der Waals surface area contributed by atoms with Gasteiger partial charge < -0.3 is 20.5 Å². The van der Waals surface area contributed by atoms with E-state index in [1.54, 1.807) is 6.92 Å². The molecule has 3 N–H and O–H groups in total. The number of carbonyl (C=O) groups excluding carboxylic acids is 1. The first-order valence-electron chi connectivity index (χ1n) is 10.1. The molecule has 2 heterocycles. The number of hydrogen-bond acceptors (Lipinski definition) is 9. The Bertz CT molecular complexity index is 1110. The molecular formula is C20H26FN5O5S. The first-order valence-corrected chi connectivity index (χ1v) is 11.9. The molecule has 0 atom stereocenters. The lowest BCUT2D eigenvalue weighted by Crippen LogP contribution is -2.46. The standard InChI is InChI=1S/C20H26FN5O5S/c1-4-31-18-14(21)5-6-15(30-2)16(18)17(27)13-11-24-20(25-19(13)22)26(32(3,28)29)12-7-9-23-10-8-12/h5-6,11-12,23H,4,7-10H2,1-3H3,(H2,22,24,25). The van der Waals surface area contributed by atoms with Gasteiger partial charge in [-0.2, -0.15) is 4.98 Å². The SMILES string of the molecule is CCOc1c(F)ccc(OC)c1C(=O)c1cnc(N(C2CCNCC2)S(C)(=O)=O)nc1N. The minimum Gasteiger partial charge on any atom is -0.496 e. The van der Waals surface area contributed by atoms with E-state index in [4.69, 9.17) is 15.2 Å². The summed E-state index contributed by atoms with van der Waals surface area (Å²) in [4.78, 5) is 21.5. The van der Waals surface area contributed by atoms with Crippen LogP contribution in [0.15, 0.2) is 18.3 Å². The molecule has 1 saturated heterocycles. The lowest BCUT2D eigenvalue weighted by molar-refractivity contribution is 0.103. The Morgan fingerprint density at radius 3 is 2.59 bits per heavy atom. The fraction of sp³-hybridized carbons (Fsp3) is 0.450. The number of nitrogens with zero attached hydrogens (tertiary/aromatic N) is 3. The Balaban J connectivity index is 2.05. The number of sulfonamides is 1. The van der Waals surface area contributed by atoms with Crippen LogP contribution in [0.5, 0.6) is 11.5 Å². The van der Waals surface area contributed by atoms with Crippen LogP contribution < -0.4 is 24.8 Å². The first kappa shape index (κ1) is 23.7. The number of carbonyl (C=O) groups is 1. The number of nitrogens with two attached hydrogens (primary N) is 1. The molecule has 1 fully saturated rings. The highest BCUT2D eigenvalue weighted by atomic mass is 32.2. The van der Waals surface area contributed by atoms with E-state index < -0.39 is 21.6 Å². The van der Waals surface area contributed by atoms with Gasteiger partial charge in [0.1, 0.15) is 17.1 Å². The van der Waals surface area contributed by atoms with Crippen LogP contribution in [0.25, 0.3) is 0 Å². The maximum Gasteiger partial charge on any atom is 0.241 e. The Hall–Kier alpha value is -2.99. The molecule has 0 saturated carbocycles. The van der Waals surface area contributed by atoms with Crippen molar-refractivity contribution in [3.63, 3.8) is 0 Å². The largest absolute Gasteiger partial charge is 0.496 e. The monoisotopic (exact) mass is 467 g/mol. The van der Waals surface area contributed by atoms with Crippen LogP contribution >= 0.6 is 0 Å². The molecule has 0 aliphatic carbocycles. The van der Waals surface area contributed by atoms with Crippen molar-refractivity contribution in [2.24, 2.45) is 0 Å². The van der Waals surface area contributed by atoms with Gasteiger partial charge in [-0.05, 0) is 45.0 Å². The van der Waals surface area contributed by atoms with Crippen molar-refractivity contribution >= 4 is 27.6 Å². The molecule has 1 aliphatic rings. The average Bonchev–Trinajstić information content (AvgIpc) is 2.75. The molecule has 10 nitrogen and oxygen atoms in total. The smallest absolute Gasteiger partial charge is 0.241 e. The molecule has 1 aliphatic heterocycles. The van der Waals surface area contributed by atoms with Gasteiger partial charge in [0.25, 0.3) is 0 Å². The zero-order valence-electron chi connectivity index (χ0n) is 18.1. The summed E-state index contributed by atoms with van der Waals surface area (Å²) in [7, 11) is -2.36. The summed E-state index contributed by atoms with van der Waals surface area (Å²) in [5.41, 5.74) is 5.76. The Labute approximate surface area is 186 Å². The van der Waals surface area contributed by atoms with Gasteiger partial charge in [-0.1, -0.05) is 0 Å².